The van der Waals surface area contributed by atoms with Crippen molar-refractivity contribution in [3.05, 3.63) is 61.3 Å². The molecule has 0 aliphatic rings. The van der Waals surface area contributed by atoms with Crippen LogP contribution in [0.5, 0.6) is 5.75 Å². The highest BCUT2D eigenvalue weighted by Gasteiger charge is 2.22. The van der Waals surface area contributed by atoms with Crippen LogP contribution in [0.3, 0.4) is 0 Å². The number of benzene rings is 2. The van der Waals surface area contributed by atoms with Gasteiger partial charge in [-0.05, 0) is 50.1 Å². The van der Waals surface area contributed by atoms with Crippen LogP contribution in [0.4, 0.5) is 0 Å². The highest BCUT2D eigenvalue weighted by molar-refractivity contribution is 9.13. The van der Waals surface area contributed by atoms with E-state index in [0.717, 1.165) is 0 Å². The minimum atomic E-state index is -1.18. The van der Waals surface area contributed by atoms with Crippen molar-refractivity contribution < 1.29 is 14.6 Å². The van der Waals surface area contributed by atoms with E-state index in [0.29, 0.717) is 31.2 Å². The molecule has 0 bridgehead atoms. The van der Waals surface area contributed by atoms with E-state index in [1.54, 1.807) is 36.4 Å². The van der Waals surface area contributed by atoms with Gasteiger partial charge in [0.2, 0.25) is 0 Å². The summed E-state index contributed by atoms with van der Waals surface area (Å²) in [6, 6.07) is 10.2. The Hall–Kier alpha value is -2.12. The number of carbonyl (C=O) groups is 1. The second-order valence-electron chi connectivity index (χ2n) is 5.02. The predicted molar refractivity (Wildman–Crippen MR) is 98.9 cm³/mol. The van der Waals surface area contributed by atoms with Gasteiger partial charge < -0.3 is 14.8 Å². The summed E-state index contributed by atoms with van der Waals surface area (Å²) in [7, 11) is 1.47. The van der Waals surface area contributed by atoms with E-state index in [2.05, 4.69) is 36.8 Å². The molecule has 0 aliphatic carbocycles. The molecule has 0 fully saturated rings. The number of rotatable bonds is 3. The summed E-state index contributed by atoms with van der Waals surface area (Å²) in [5.41, 5.74) is 0.387. The second kappa shape index (κ2) is 6.41. The molecule has 0 saturated carbocycles. The number of fused-ring (bicyclic) bond motifs is 1. The van der Waals surface area contributed by atoms with E-state index in [-0.39, 0.29) is 11.1 Å². The highest BCUT2D eigenvalue weighted by Crippen LogP contribution is 2.35. The van der Waals surface area contributed by atoms with Crippen molar-refractivity contribution in [2.45, 2.75) is 0 Å². The van der Waals surface area contributed by atoms with Gasteiger partial charge in [-0.25, -0.2) is 4.79 Å². The summed E-state index contributed by atoms with van der Waals surface area (Å²) in [6.07, 6.45) is 0. The van der Waals surface area contributed by atoms with E-state index in [1.165, 1.54) is 7.11 Å². The molecule has 0 aliphatic heterocycles. The van der Waals surface area contributed by atoms with Crippen molar-refractivity contribution >= 4 is 48.7 Å². The largest absolute Gasteiger partial charge is 0.496 e. The zero-order valence-corrected chi connectivity index (χ0v) is 15.6. The number of pyridine rings is 1. The Morgan fingerprint density at radius 3 is 2.50 bits per heavy atom. The lowest BCUT2D eigenvalue weighted by Crippen LogP contribution is -2.16. The normalized spacial score (nSPS) is 10.8. The Labute approximate surface area is 153 Å². The van der Waals surface area contributed by atoms with E-state index in [9.17, 15) is 14.7 Å². The molecule has 3 aromatic rings. The first kappa shape index (κ1) is 16.7. The van der Waals surface area contributed by atoms with Crippen molar-refractivity contribution in [1.29, 1.82) is 0 Å². The molecule has 0 radical (unpaired) electrons. The van der Waals surface area contributed by atoms with Crippen molar-refractivity contribution in [3.63, 3.8) is 0 Å². The summed E-state index contributed by atoms with van der Waals surface area (Å²) >= 11 is 6.72. The van der Waals surface area contributed by atoms with Gasteiger partial charge in [-0.3, -0.25) is 4.79 Å². The van der Waals surface area contributed by atoms with Gasteiger partial charge in [0, 0.05) is 19.9 Å². The zero-order chi connectivity index (χ0) is 17.4. The van der Waals surface area contributed by atoms with Gasteiger partial charge in [-0.2, -0.15) is 0 Å². The van der Waals surface area contributed by atoms with Crippen LogP contribution < -0.4 is 10.3 Å². The molecular weight excluding hydrogens is 442 g/mol. The van der Waals surface area contributed by atoms with E-state index in [4.69, 9.17) is 4.74 Å². The Morgan fingerprint density at radius 2 is 1.83 bits per heavy atom. The maximum atomic E-state index is 12.6. The van der Waals surface area contributed by atoms with Crippen molar-refractivity contribution in [3.8, 4) is 16.9 Å². The van der Waals surface area contributed by atoms with Gasteiger partial charge in [0.05, 0.1) is 23.8 Å². The van der Waals surface area contributed by atoms with Gasteiger partial charge >= 0.3 is 5.97 Å². The molecule has 0 unspecified atom stereocenters. The minimum Gasteiger partial charge on any atom is -0.496 e. The molecule has 0 amide bonds. The summed E-state index contributed by atoms with van der Waals surface area (Å²) in [6.45, 7) is 0. The van der Waals surface area contributed by atoms with E-state index in [1.807, 2.05) is 0 Å². The number of methoxy groups -OCH3 is 1. The number of aromatic nitrogens is 1. The predicted octanol–water partition coefficient (Wildman–Crippen LogP) is 4.43. The molecule has 7 heteroatoms. The van der Waals surface area contributed by atoms with Crippen molar-refractivity contribution in [2.75, 3.05) is 7.11 Å². The Balaban J connectivity index is 2.51. The van der Waals surface area contributed by atoms with Crippen LogP contribution in [-0.2, 0) is 0 Å². The van der Waals surface area contributed by atoms with Gasteiger partial charge in [0.1, 0.15) is 5.75 Å². The standard InChI is InChI=1S/C17H11Br2NO4/c1-24-13-5-3-2-4-8(13)14-15(17(22)23)9-6-10(18)11(19)7-12(9)20-16(14)21/h2-7H,1H3,(H,20,21)(H,22,23). The third-order valence-corrected chi connectivity index (χ3v) is 5.49. The molecular formula is C17H11Br2NO4. The maximum Gasteiger partial charge on any atom is 0.337 e. The number of carboxylic acid groups (broad SMARTS) is 1. The summed E-state index contributed by atoms with van der Waals surface area (Å²) in [5.74, 6) is -0.748. The number of aromatic amines is 1. The third-order valence-electron chi connectivity index (χ3n) is 3.65. The minimum absolute atomic E-state index is 0.0635. The molecule has 0 saturated heterocycles. The van der Waals surface area contributed by atoms with Crippen LogP contribution in [0, 0.1) is 0 Å². The van der Waals surface area contributed by atoms with Crippen LogP contribution in [0.2, 0.25) is 0 Å². The number of H-pyrrole nitrogens is 1. The number of hydrogen-bond donors (Lipinski definition) is 2. The summed E-state index contributed by atoms with van der Waals surface area (Å²) in [5, 5.41) is 10.2. The van der Waals surface area contributed by atoms with Crippen molar-refractivity contribution in [2.24, 2.45) is 0 Å². The van der Waals surface area contributed by atoms with E-state index >= 15 is 0 Å². The van der Waals surface area contributed by atoms with Gasteiger partial charge in [-0.1, -0.05) is 18.2 Å². The SMILES string of the molecule is COc1ccccc1-c1c(C(=O)O)c2cc(Br)c(Br)cc2[nH]c1=O. The van der Waals surface area contributed by atoms with Crippen LogP contribution >= 0.6 is 31.9 Å². The van der Waals surface area contributed by atoms with Crippen LogP contribution in [0.1, 0.15) is 10.4 Å². The van der Waals surface area contributed by atoms with Crippen molar-refractivity contribution in [1.82, 2.24) is 4.98 Å². The first-order valence-electron chi connectivity index (χ1n) is 6.85. The van der Waals surface area contributed by atoms with E-state index < -0.39 is 11.5 Å². The average molecular weight is 453 g/mol. The fourth-order valence-corrected chi connectivity index (χ4v) is 3.31. The molecule has 5 nitrogen and oxygen atoms in total. The summed E-state index contributed by atoms with van der Waals surface area (Å²) in [4.78, 5) is 27.3. The molecule has 0 spiro atoms. The van der Waals surface area contributed by atoms with Crippen LogP contribution in [0.25, 0.3) is 22.0 Å². The smallest absolute Gasteiger partial charge is 0.337 e. The number of halogens is 2. The molecule has 2 aromatic carbocycles. The fraction of sp³-hybridized carbons (Fsp3) is 0.0588. The van der Waals surface area contributed by atoms with Gasteiger partial charge in [0.25, 0.3) is 5.56 Å². The average Bonchev–Trinajstić information content (AvgIpc) is 2.55. The number of nitrogens with one attached hydrogen (secondary N) is 1. The lowest BCUT2D eigenvalue weighted by molar-refractivity contribution is 0.0699. The first-order chi connectivity index (χ1) is 11.4. The van der Waals surface area contributed by atoms with Gasteiger partial charge in [0.15, 0.2) is 0 Å². The highest BCUT2D eigenvalue weighted by atomic mass is 79.9. The molecule has 2 N–H and O–H groups in total. The Kier molecular flexibility index (Phi) is 4.47. The quantitative estimate of drug-likeness (QED) is 0.616. The monoisotopic (exact) mass is 451 g/mol. The van der Waals surface area contributed by atoms with Crippen LogP contribution in [-0.4, -0.2) is 23.2 Å². The molecule has 1 heterocycles. The lowest BCUT2D eigenvalue weighted by atomic mass is 9.97. The fourth-order valence-electron chi connectivity index (χ4n) is 2.62. The van der Waals surface area contributed by atoms with Crippen LogP contribution in [0.15, 0.2) is 50.1 Å². The maximum absolute atomic E-state index is 12.6. The molecule has 122 valence electrons. The number of para-hydroxylation sites is 1. The number of carboxylic acids is 1. The topological polar surface area (TPSA) is 79.4 Å². The Bertz CT molecular complexity index is 1030. The van der Waals surface area contributed by atoms with Gasteiger partial charge in [-0.15, -0.1) is 0 Å². The first-order valence-corrected chi connectivity index (χ1v) is 8.44. The number of aromatic carboxylic acids is 1. The molecule has 24 heavy (non-hydrogen) atoms. The number of hydrogen-bond acceptors (Lipinski definition) is 3. The molecule has 1 aromatic heterocycles. The molecule has 0 atom stereocenters. The number of ether oxygens (including phenoxy) is 1. The Morgan fingerprint density at radius 1 is 1.17 bits per heavy atom. The lowest BCUT2D eigenvalue weighted by Gasteiger charge is -2.13. The third kappa shape index (κ3) is 2.74. The summed E-state index contributed by atoms with van der Waals surface area (Å²) < 4.78 is 6.69. The molecule has 3 rings (SSSR count). The second-order valence-corrected chi connectivity index (χ2v) is 6.73. The zero-order valence-electron chi connectivity index (χ0n) is 12.4.